The van der Waals surface area contributed by atoms with Gasteiger partial charge in [0, 0.05) is 74.8 Å². The normalized spacial score (nSPS) is 23.8. The van der Waals surface area contributed by atoms with E-state index in [9.17, 15) is 29.1 Å². The number of rotatable bonds is 10. The summed E-state index contributed by atoms with van der Waals surface area (Å²) in [6, 6.07) is 11.0. The van der Waals surface area contributed by atoms with E-state index < -0.39 is 59.2 Å². The predicted molar refractivity (Wildman–Crippen MR) is 259 cm³/mol. The number of pyridine rings is 1. The number of carbonyl (C=O) groups is 5. The van der Waals surface area contributed by atoms with Gasteiger partial charge in [-0.05, 0) is 105 Å². The van der Waals surface area contributed by atoms with Crippen LogP contribution in [0.5, 0.6) is 5.75 Å². The molecule has 17 heteroatoms. The Morgan fingerprint density at radius 2 is 1.86 bits per heavy atom. The number of phenolic OH excluding ortho intramolecular Hbond substituents is 1. The quantitative estimate of drug-likeness (QED) is 0.128. The highest BCUT2D eigenvalue weighted by Crippen LogP contribution is 2.42. The van der Waals surface area contributed by atoms with Crippen molar-refractivity contribution >= 4 is 40.5 Å². The SMILES string of the molecule is CCn1c(-c2cccnc2[C@H](C)OC)c2c3cc(ccc31)-c1cc(O)cc(c1)C[C@H](NC(=O)[C@H](C(C)C)N(C)C(=O)[C@@H]1CO[C@H](C)CN1C(=O)[C@@H]1CN1)C(=O)N1CCC[C@H](N1)C(=O)OCC(C)(C)C2. The summed E-state index contributed by atoms with van der Waals surface area (Å²) in [7, 11) is 3.21. The van der Waals surface area contributed by atoms with Crippen molar-refractivity contribution in [1.29, 1.82) is 0 Å². The Morgan fingerprint density at radius 3 is 2.57 bits per heavy atom. The number of hydrazine groups is 1. The molecular weight excluding hydrogens is 881 g/mol. The summed E-state index contributed by atoms with van der Waals surface area (Å²) in [6.07, 6.45) is 2.64. The molecule has 0 aliphatic carbocycles. The molecule has 4 aromatic rings. The number of fused-ring (bicyclic) bond motifs is 6. The summed E-state index contributed by atoms with van der Waals surface area (Å²) in [5.41, 5.74) is 9.46. The molecule has 0 saturated carbocycles. The maximum absolute atomic E-state index is 14.8. The zero-order valence-electron chi connectivity index (χ0n) is 41.3. The summed E-state index contributed by atoms with van der Waals surface area (Å²) in [5.74, 6) is -2.63. The molecule has 2 aromatic carbocycles. The Kier molecular flexibility index (Phi) is 14.5. The minimum atomic E-state index is -1.20. The molecule has 8 rings (SSSR count). The lowest BCUT2D eigenvalue weighted by molar-refractivity contribution is -0.160. The third-order valence-corrected chi connectivity index (χ3v) is 14.0. The molecule has 370 valence electrons. The Bertz CT molecular complexity index is 2610. The molecule has 6 bridgehead atoms. The smallest absolute Gasteiger partial charge is 0.324 e. The van der Waals surface area contributed by atoms with E-state index in [4.69, 9.17) is 19.2 Å². The van der Waals surface area contributed by atoms with Crippen molar-refractivity contribution in [2.45, 2.75) is 123 Å². The number of nitrogens with zero attached hydrogens (tertiary/aromatic N) is 5. The number of methoxy groups -OCH3 is 1. The van der Waals surface area contributed by atoms with Gasteiger partial charge >= 0.3 is 5.97 Å². The van der Waals surface area contributed by atoms with Crippen LogP contribution in [0.15, 0.2) is 54.7 Å². The number of aryl methyl sites for hydroxylation is 1. The lowest BCUT2D eigenvalue weighted by Crippen LogP contribution is -2.64. The van der Waals surface area contributed by atoms with Crippen molar-refractivity contribution in [3.63, 3.8) is 0 Å². The highest BCUT2D eigenvalue weighted by molar-refractivity contribution is 5.97. The van der Waals surface area contributed by atoms with E-state index >= 15 is 0 Å². The maximum atomic E-state index is 14.8. The minimum Gasteiger partial charge on any atom is -0.508 e. The second kappa shape index (κ2) is 20.2. The van der Waals surface area contributed by atoms with Crippen LogP contribution < -0.4 is 16.1 Å². The molecule has 4 aliphatic rings. The summed E-state index contributed by atoms with van der Waals surface area (Å²) < 4.78 is 20.1. The first-order chi connectivity index (χ1) is 32.9. The van der Waals surface area contributed by atoms with Gasteiger partial charge in [-0.1, -0.05) is 39.8 Å². The first kappa shape index (κ1) is 49.5. The van der Waals surface area contributed by atoms with Crippen LogP contribution in [0.4, 0.5) is 0 Å². The number of carbonyl (C=O) groups excluding carboxylic acids is 5. The van der Waals surface area contributed by atoms with Crippen LogP contribution in [0, 0.1) is 11.3 Å². The highest BCUT2D eigenvalue weighted by Gasteiger charge is 2.45. The number of likely N-dealkylation sites (N-methyl/N-ethyl adjacent to an activating group) is 1. The molecule has 0 unspecified atom stereocenters. The van der Waals surface area contributed by atoms with Gasteiger partial charge in [0.25, 0.3) is 5.91 Å². The molecule has 4 aliphatic heterocycles. The van der Waals surface area contributed by atoms with Gasteiger partial charge in [-0.25, -0.2) is 5.43 Å². The third kappa shape index (κ3) is 10.4. The average molecular weight is 949 g/mol. The average Bonchev–Trinajstić information content (AvgIpc) is 4.14. The molecule has 0 spiro atoms. The number of esters is 1. The molecule has 17 nitrogen and oxygen atoms in total. The number of cyclic esters (lactones) is 1. The van der Waals surface area contributed by atoms with Crippen molar-refractivity contribution in [2.24, 2.45) is 11.3 Å². The molecule has 6 heterocycles. The van der Waals surface area contributed by atoms with Gasteiger partial charge in [-0.3, -0.25) is 34.0 Å². The van der Waals surface area contributed by atoms with E-state index in [1.807, 2.05) is 45.9 Å². The van der Waals surface area contributed by atoms with Crippen molar-refractivity contribution in [3.05, 3.63) is 71.5 Å². The van der Waals surface area contributed by atoms with Gasteiger partial charge in [0.2, 0.25) is 17.7 Å². The number of amides is 4. The first-order valence-corrected chi connectivity index (χ1v) is 24.3. The Morgan fingerprint density at radius 1 is 1.09 bits per heavy atom. The second-order valence-electron chi connectivity index (χ2n) is 20.3. The monoisotopic (exact) mass is 949 g/mol. The number of phenols is 1. The van der Waals surface area contributed by atoms with Crippen LogP contribution in [0.2, 0.25) is 0 Å². The number of aromatic hydroxyl groups is 1. The predicted octanol–water partition coefficient (Wildman–Crippen LogP) is 4.52. The zero-order valence-corrected chi connectivity index (χ0v) is 41.3. The number of ether oxygens (including phenoxy) is 3. The van der Waals surface area contributed by atoms with Crippen LogP contribution in [0.1, 0.15) is 84.2 Å². The zero-order chi connectivity index (χ0) is 49.5. The topological polar surface area (TPSA) is 207 Å². The van der Waals surface area contributed by atoms with E-state index in [0.29, 0.717) is 43.5 Å². The largest absolute Gasteiger partial charge is 0.508 e. The van der Waals surface area contributed by atoms with Crippen LogP contribution in [-0.4, -0.2) is 142 Å². The van der Waals surface area contributed by atoms with Crippen LogP contribution in [0.25, 0.3) is 33.3 Å². The molecule has 0 radical (unpaired) electrons. The number of morpholine rings is 1. The van der Waals surface area contributed by atoms with Crippen molar-refractivity contribution in [1.82, 2.24) is 40.4 Å². The Labute approximate surface area is 404 Å². The summed E-state index contributed by atoms with van der Waals surface area (Å²) >= 11 is 0. The fourth-order valence-electron chi connectivity index (χ4n) is 10.3. The Hall–Kier alpha value is -5.88. The lowest BCUT2D eigenvalue weighted by Gasteiger charge is -2.41. The number of nitrogens with one attached hydrogen (secondary N) is 3. The third-order valence-electron chi connectivity index (χ3n) is 14.0. The molecule has 7 atom stereocenters. The number of hydrogen-bond donors (Lipinski definition) is 4. The van der Waals surface area contributed by atoms with E-state index in [2.05, 4.69) is 59.6 Å². The number of benzene rings is 2. The molecule has 3 saturated heterocycles. The molecule has 4 amide bonds. The number of hydrogen-bond acceptors (Lipinski definition) is 12. The standard InChI is InChI=1S/C52H68N8O9/c1-10-58-42-16-15-33-23-37(42)38(46(58)36-13-11-17-53-44(36)31(5)67-9)24-52(6,7)28-69-51(66)39-14-12-18-60(56-39)49(64)40(21-32-19-34(33)22-35(61)20-32)55-47(62)45(29(2)3)57(8)50(65)43-27-68-30(4)26-59(43)48(63)41-25-54-41/h11,13,15-17,19-20,22-23,29-31,39-41,43,45,54,56,61H,10,12,14,18,21,24-28H2,1-9H3,(H,55,62)/t30-,31+,39+,40+,41+,43+,45+/m1/s1. The van der Waals surface area contributed by atoms with Crippen LogP contribution >= 0.6 is 0 Å². The molecule has 4 N–H and O–H groups in total. The van der Waals surface area contributed by atoms with Crippen LogP contribution in [0.3, 0.4) is 0 Å². The fourth-order valence-corrected chi connectivity index (χ4v) is 10.3. The summed E-state index contributed by atoms with van der Waals surface area (Å²) in [5, 5.41) is 19.8. The van der Waals surface area contributed by atoms with Gasteiger partial charge in [0.05, 0.1) is 42.9 Å². The summed E-state index contributed by atoms with van der Waals surface area (Å²) in [4.78, 5) is 78.9. The van der Waals surface area contributed by atoms with E-state index in [1.54, 1.807) is 30.3 Å². The number of aromatic nitrogens is 2. The van der Waals surface area contributed by atoms with E-state index in [-0.39, 0.29) is 62.6 Å². The first-order valence-electron chi connectivity index (χ1n) is 24.3. The lowest BCUT2D eigenvalue weighted by atomic mass is 9.84. The Balaban J connectivity index is 1.19. The van der Waals surface area contributed by atoms with Gasteiger partial charge < -0.3 is 44.3 Å². The van der Waals surface area contributed by atoms with Crippen molar-refractivity contribution in [3.8, 4) is 28.1 Å². The van der Waals surface area contributed by atoms with Crippen molar-refractivity contribution in [2.75, 3.05) is 47.0 Å². The molecule has 3 fully saturated rings. The van der Waals surface area contributed by atoms with Gasteiger partial charge in [-0.2, -0.15) is 0 Å². The minimum absolute atomic E-state index is 0.0170. The van der Waals surface area contributed by atoms with Gasteiger partial charge in [0.15, 0.2) is 0 Å². The van der Waals surface area contributed by atoms with E-state index in [1.165, 1.54) is 17.0 Å². The van der Waals surface area contributed by atoms with Gasteiger partial charge in [0.1, 0.15) is 29.9 Å². The summed E-state index contributed by atoms with van der Waals surface area (Å²) in [6.45, 7) is 15.5. The van der Waals surface area contributed by atoms with E-state index in [0.717, 1.165) is 39.0 Å². The van der Waals surface area contributed by atoms with Gasteiger partial charge in [-0.15, -0.1) is 0 Å². The molecule has 69 heavy (non-hydrogen) atoms. The molecule has 2 aromatic heterocycles. The van der Waals surface area contributed by atoms with Crippen LogP contribution in [-0.2, 0) is 57.6 Å². The maximum Gasteiger partial charge on any atom is 0.324 e. The second-order valence-corrected chi connectivity index (χ2v) is 20.3. The highest BCUT2D eigenvalue weighted by atomic mass is 16.5. The van der Waals surface area contributed by atoms with Crippen molar-refractivity contribution < 1.29 is 43.3 Å². The fraction of sp³-hybridized carbons (Fsp3) is 0.538. The molecular formula is C52H68N8O9.